The number of nitrogens with one attached hydrogen (secondary N) is 1. The van der Waals surface area contributed by atoms with Gasteiger partial charge < -0.3 is 14.6 Å². The zero-order valence-corrected chi connectivity index (χ0v) is 14.8. The molecule has 0 radical (unpaired) electrons. The number of imidazole rings is 1. The minimum absolute atomic E-state index is 0.0541. The molecule has 0 saturated carbocycles. The maximum absolute atomic E-state index is 12.3. The van der Waals surface area contributed by atoms with E-state index in [0.717, 1.165) is 23.4 Å². The number of amides is 1. The van der Waals surface area contributed by atoms with Gasteiger partial charge in [-0.15, -0.1) is 6.58 Å². The van der Waals surface area contributed by atoms with Crippen LogP contribution in [0.5, 0.6) is 5.75 Å². The highest BCUT2D eigenvalue weighted by atomic mass is 32.2. The fourth-order valence-corrected chi connectivity index (χ4v) is 3.84. The van der Waals surface area contributed by atoms with Crippen molar-refractivity contribution in [1.82, 2.24) is 9.55 Å². The molecule has 0 spiro atoms. The van der Waals surface area contributed by atoms with Gasteiger partial charge >= 0.3 is 0 Å². The Bertz CT molecular complexity index is 801. The van der Waals surface area contributed by atoms with Gasteiger partial charge in [-0.1, -0.05) is 6.08 Å². The number of aryl methyl sites for hydroxylation is 1. The highest BCUT2D eigenvalue weighted by Crippen LogP contribution is 2.26. The van der Waals surface area contributed by atoms with Gasteiger partial charge in [0.1, 0.15) is 5.75 Å². The highest BCUT2D eigenvalue weighted by molar-refractivity contribution is 7.84. The average Bonchev–Trinajstić information content (AvgIpc) is 3.07. The summed E-state index contributed by atoms with van der Waals surface area (Å²) in [7, 11) is -1.15. The van der Waals surface area contributed by atoms with Crippen LogP contribution in [0.3, 0.4) is 0 Å². The Balaban J connectivity index is 1.48. The summed E-state index contributed by atoms with van der Waals surface area (Å²) < 4.78 is 19.9. The SMILES string of the molecule is C=CCn1ccnc1S(=O)CCCOc1ccc2c(c1)CCC(=O)N2. The Morgan fingerprint density at radius 2 is 2.28 bits per heavy atom. The predicted octanol–water partition coefficient (Wildman–Crippen LogP) is 2.53. The number of ether oxygens (including phenoxy) is 1. The molecule has 1 N–H and O–H groups in total. The number of nitrogens with zero attached hydrogens (tertiary/aromatic N) is 2. The summed E-state index contributed by atoms with van der Waals surface area (Å²) in [5.74, 6) is 1.32. The lowest BCUT2D eigenvalue weighted by Crippen LogP contribution is -2.18. The number of hydrogen-bond acceptors (Lipinski definition) is 4. The van der Waals surface area contributed by atoms with E-state index in [1.165, 1.54) is 0 Å². The second-order valence-corrected chi connectivity index (χ2v) is 7.23. The third kappa shape index (κ3) is 4.36. The molecule has 1 aliphatic rings. The first-order chi connectivity index (χ1) is 12.2. The Kier molecular flexibility index (Phi) is 5.65. The quantitative estimate of drug-likeness (QED) is 0.581. The number of anilines is 1. The molecule has 2 aromatic rings. The molecular formula is C18H21N3O3S. The zero-order valence-electron chi connectivity index (χ0n) is 13.9. The molecule has 7 heteroatoms. The summed E-state index contributed by atoms with van der Waals surface area (Å²) in [4.78, 5) is 15.5. The molecule has 1 amide bonds. The fourth-order valence-electron chi connectivity index (χ4n) is 2.70. The van der Waals surface area contributed by atoms with Crippen molar-refractivity contribution in [2.75, 3.05) is 17.7 Å². The van der Waals surface area contributed by atoms with Gasteiger partial charge in [0.15, 0.2) is 5.16 Å². The highest BCUT2D eigenvalue weighted by Gasteiger charge is 2.15. The molecule has 0 saturated heterocycles. The zero-order chi connectivity index (χ0) is 17.6. The third-order valence-corrected chi connectivity index (χ3v) is 5.33. The van der Waals surface area contributed by atoms with Gasteiger partial charge in [-0.3, -0.25) is 9.00 Å². The summed E-state index contributed by atoms with van der Waals surface area (Å²) in [5.41, 5.74) is 1.95. The van der Waals surface area contributed by atoms with Crippen LogP contribution >= 0.6 is 0 Å². The maximum atomic E-state index is 12.3. The molecule has 132 valence electrons. The number of allylic oxidation sites excluding steroid dienone is 1. The van der Waals surface area contributed by atoms with E-state index >= 15 is 0 Å². The van der Waals surface area contributed by atoms with Crippen LogP contribution in [-0.4, -0.2) is 32.0 Å². The van der Waals surface area contributed by atoms with Crippen molar-refractivity contribution in [3.63, 3.8) is 0 Å². The van der Waals surface area contributed by atoms with Gasteiger partial charge in [0.2, 0.25) is 5.91 Å². The Morgan fingerprint density at radius 1 is 1.40 bits per heavy atom. The van der Waals surface area contributed by atoms with Crippen LogP contribution in [-0.2, 0) is 28.6 Å². The summed E-state index contributed by atoms with van der Waals surface area (Å²) >= 11 is 0. The first kappa shape index (κ1) is 17.4. The Morgan fingerprint density at radius 3 is 3.12 bits per heavy atom. The molecule has 1 atom stereocenters. The van der Waals surface area contributed by atoms with Crippen molar-refractivity contribution in [1.29, 1.82) is 0 Å². The summed E-state index contributed by atoms with van der Waals surface area (Å²) in [6, 6.07) is 5.67. The number of fused-ring (bicyclic) bond motifs is 1. The number of benzene rings is 1. The van der Waals surface area contributed by atoms with Gasteiger partial charge in [0.25, 0.3) is 0 Å². The van der Waals surface area contributed by atoms with E-state index < -0.39 is 10.8 Å². The van der Waals surface area contributed by atoms with Crippen LogP contribution in [0, 0.1) is 0 Å². The molecule has 25 heavy (non-hydrogen) atoms. The van der Waals surface area contributed by atoms with Crippen LogP contribution in [0.1, 0.15) is 18.4 Å². The smallest absolute Gasteiger partial charge is 0.224 e. The molecule has 3 rings (SSSR count). The topological polar surface area (TPSA) is 73.2 Å². The second kappa shape index (κ2) is 8.11. The summed E-state index contributed by atoms with van der Waals surface area (Å²) in [6.07, 6.45) is 7.11. The van der Waals surface area contributed by atoms with E-state index in [2.05, 4.69) is 16.9 Å². The predicted molar refractivity (Wildman–Crippen MR) is 97.2 cm³/mol. The van der Waals surface area contributed by atoms with E-state index in [4.69, 9.17) is 4.74 Å². The van der Waals surface area contributed by atoms with Crippen LogP contribution in [0.25, 0.3) is 0 Å². The molecule has 1 aliphatic heterocycles. The second-order valence-electron chi connectivity index (χ2n) is 5.77. The summed E-state index contributed by atoms with van der Waals surface area (Å²) in [5, 5.41) is 3.42. The van der Waals surface area contributed by atoms with Crippen LogP contribution in [0.15, 0.2) is 48.4 Å². The molecule has 1 aromatic carbocycles. The van der Waals surface area contributed by atoms with Crippen molar-refractivity contribution in [3.05, 3.63) is 48.8 Å². The molecule has 0 aliphatic carbocycles. The standard InChI is InChI=1S/C18H21N3O3S/c1-2-9-21-10-8-19-18(21)25(23)12-3-11-24-15-5-6-16-14(13-15)4-7-17(22)20-16/h2,5-6,8,10,13H,1,3-4,7,9,11-12H2,(H,20,22). The number of carbonyl (C=O) groups excluding carboxylic acids is 1. The summed E-state index contributed by atoms with van der Waals surface area (Å²) in [6.45, 7) is 4.77. The van der Waals surface area contributed by atoms with Gasteiger partial charge in [0, 0.05) is 36.8 Å². The van der Waals surface area contributed by atoms with Gasteiger partial charge in [-0.25, -0.2) is 4.98 Å². The van der Waals surface area contributed by atoms with E-state index in [1.807, 2.05) is 22.8 Å². The Hall–Kier alpha value is -2.41. The minimum Gasteiger partial charge on any atom is -0.494 e. The molecule has 6 nitrogen and oxygen atoms in total. The van der Waals surface area contributed by atoms with Crippen molar-refractivity contribution in [2.45, 2.75) is 31.0 Å². The van der Waals surface area contributed by atoms with Crippen molar-refractivity contribution in [3.8, 4) is 5.75 Å². The lowest BCUT2D eigenvalue weighted by atomic mass is 10.0. The first-order valence-electron chi connectivity index (χ1n) is 8.23. The van der Waals surface area contributed by atoms with E-state index in [0.29, 0.717) is 36.9 Å². The van der Waals surface area contributed by atoms with Crippen molar-refractivity contribution < 1.29 is 13.7 Å². The first-order valence-corrected chi connectivity index (χ1v) is 9.55. The number of rotatable bonds is 8. The average molecular weight is 359 g/mol. The lowest BCUT2D eigenvalue weighted by molar-refractivity contribution is -0.116. The van der Waals surface area contributed by atoms with Gasteiger partial charge in [-0.05, 0) is 36.6 Å². The van der Waals surface area contributed by atoms with Crippen LogP contribution in [0.2, 0.25) is 0 Å². The minimum atomic E-state index is -1.15. The monoisotopic (exact) mass is 359 g/mol. The molecule has 0 bridgehead atoms. The Labute approximate surface area is 149 Å². The number of hydrogen-bond donors (Lipinski definition) is 1. The van der Waals surface area contributed by atoms with Gasteiger partial charge in [0.05, 0.1) is 17.4 Å². The largest absolute Gasteiger partial charge is 0.494 e. The van der Waals surface area contributed by atoms with Gasteiger partial charge in [-0.2, -0.15) is 0 Å². The van der Waals surface area contributed by atoms with Crippen LogP contribution < -0.4 is 10.1 Å². The molecule has 1 unspecified atom stereocenters. The van der Waals surface area contributed by atoms with Crippen molar-refractivity contribution in [2.24, 2.45) is 0 Å². The normalized spacial score (nSPS) is 14.5. The molecule has 1 aromatic heterocycles. The van der Waals surface area contributed by atoms with E-state index in [1.54, 1.807) is 18.5 Å². The number of aromatic nitrogens is 2. The van der Waals surface area contributed by atoms with E-state index in [-0.39, 0.29) is 5.91 Å². The maximum Gasteiger partial charge on any atom is 0.224 e. The lowest BCUT2D eigenvalue weighted by Gasteiger charge is -2.17. The third-order valence-electron chi connectivity index (χ3n) is 3.92. The van der Waals surface area contributed by atoms with E-state index in [9.17, 15) is 9.00 Å². The van der Waals surface area contributed by atoms with Crippen molar-refractivity contribution >= 4 is 22.4 Å². The fraction of sp³-hybridized carbons (Fsp3) is 0.333. The molecule has 0 fully saturated rings. The van der Waals surface area contributed by atoms with Crippen LogP contribution in [0.4, 0.5) is 5.69 Å². The molecular weight excluding hydrogens is 338 g/mol. The molecule has 2 heterocycles. The number of carbonyl (C=O) groups is 1.